The molecule has 0 radical (unpaired) electrons. The summed E-state index contributed by atoms with van der Waals surface area (Å²) in [5.41, 5.74) is 2.37. The van der Waals surface area contributed by atoms with Gasteiger partial charge in [0, 0.05) is 65.0 Å². The van der Waals surface area contributed by atoms with Crippen LogP contribution in [0, 0.1) is 6.92 Å². The Morgan fingerprint density at radius 2 is 1.94 bits per heavy atom. The van der Waals surface area contributed by atoms with Crippen LogP contribution in [0.5, 0.6) is 0 Å². The number of halogens is 1. The standard InChI is InChI=1S/C23H36N6O.HI/c1-19(27(4)17-21-8-6-5-7-9-21)10-11-25-23(24-3)29-14-12-28(13-15-29)18-22-16-20(2)30-26-22;/h5-9,16,19H,10-15,17-18H2,1-4H3,(H,24,25);1H. The van der Waals surface area contributed by atoms with E-state index in [9.17, 15) is 0 Å². The maximum atomic E-state index is 5.18. The first kappa shape index (κ1) is 25.6. The summed E-state index contributed by atoms with van der Waals surface area (Å²) in [6, 6.07) is 13.2. The molecule has 3 rings (SSSR count). The van der Waals surface area contributed by atoms with Gasteiger partial charge < -0.3 is 14.7 Å². The van der Waals surface area contributed by atoms with E-state index in [1.165, 1.54) is 5.56 Å². The maximum absolute atomic E-state index is 5.18. The fourth-order valence-corrected chi connectivity index (χ4v) is 3.81. The molecule has 0 spiro atoms. The van der Waals surface area contributed by atoms with Crippen LogP contribution in [0.1, 0.15) is 30.4 Å². The molecule has 0 bridgehead atoms. The molecule has 172 valence electrons. The number of rotatable bonds is 8. The Balaban J connectivity index is 0.00000341. The zero-order valence-electron chi connectivity index (χ0n) is 19.3. The Hall–Kier alpha value is -1.65. The molecule has 7 nitrogen and oxygen atoms in total. The lowest BCUT2D eigenvalue weighted by Crippen LogP contribution is -2.52. The number of nitrogens with zero attached hydrogens (tertiary/aromatic N) is 5. The summed E-state index contributed by atoms with van der Waals surface area (Å²) in [4.78, 5) is 11.7. The van der Waals surface area contributed by atoms with Gasteiger partial charge in [0.1, 0.15) is 5.76 Å². The Morgan fingerprint density at radius 1 is 1.23 bits per heavy atom. The first-order chi connectivity index (χ1) is 14.5. The van der Waals surface area contributed by atoms with Gasteiger partial charge in [-0.15, -0.1) is 24.0 Å². The Labute approximate surface area is 203 Å². The van der Waals surface area contributed by atoms with Crippen LogP contribution in [-0.2, 0) is 13.1 Å². The number of piperazine rings is 1. The maximum Gasteiger partial charge on any atom is 0.193 e. The Bertz CT molecular complexity index is 788. The molecule has 1 N–H and O–H groups in total. The van der Waals surface area contributed by atoms with Gasteiger partial charge in [0.05, 0.1) is 5.69 Å². The molecule has 0 saturated carbocycles. The van der Waals surface area contributed by atoms with Crippen molar-refractivity contribution in [3.8, 4) is 0 Å². The van der Waals surface area contributed by atoms with Gasteiger partial charge in [-0.3, -0.25) is 14.8 Å². The monoisotopic (exact) mass is 540 g/mol. The third-order valence-electron chi connectivity index (χ3n) is 5.82. The number of guanidine groups is 1. The summed E-state index contributed by atoms with van der Waals surface area (Å²) in [6.07, 6.45) is 1.08. The Morgan fingerprint density at radius 3 is 2.55 bits per heavy atom. The van der Waals surface area contributed by atoms with Crippen LogP contribution in [0.3, 0.4) is 0 Å². The highest BCUT2D eigenvalue weighted by atomic mass is 127. The fourth-order valence-electron chi connectivity index (χ4n) is 3.81. The predicted octanol–water partition coefficient (Wildman–Crippen LogP) is 3.20. The highest BCUT2D eigenvalue weighted by Gasteiger charge is 2.20. The molecule has 2 aromatic rings. The van der Waals surface area contributed by atoms with Gasteiger partial charge in [-0.2, -0.15) is 0 Å². The van der Waals surface area contributed by atoms with E-state index in [4.69, 9.17) is 4.52 Å². The van der Waals surface area contributed by atoms with Crippen molar-refractivity contribution >= 4 is 29.9 Å². The van der Waals surface area contributed by atoms with E-state index in [2.05, 4.69) is 74.5 Å². The lowest BCUT2D eigenvalue weighted by molar-refractivity contribution is 0.168. The zero-order chi connectivity index (χ0) is 21.3. The topological polar surface area (TPSA) is 60.1 Å². The minimum atomic E-state index is 0. The number of aromatic nitrogens is 1. The SMILES string of the molecule is CN=C(NCCC(C)N(C)Cc1ccccc1)N1CCN(Cc2cc(C)on2)CC1.I. The summed E-state index contributed by atoms with van der Waals surface area (Å²) in [6.45, 7) is 10.9. The van der Waals surface area contributed by atoms with Gasteiger partial charge in [0.15, 0.2) is 5.96 Å². The highest BCUT2D eigenvalue weighted by Crippen LogP contribution is 2.10. The smallest absolute Gasteiger partial charge is 0.193 e. The number of hydrogen-bond acceptors (Lipinski definition) is 5. The van der Waals surface area contributed by atoms with E-state index in [0.29, 0.717) is 6.04 Å². The van der Waals surface area contributed by atoms with Crippen LogP contribution in [-0.4, -0.2) is 78.7 Å². The average molecular weight is 540 g/mol. The van der Waals surface area contributed by atoms with E-state index in [1.54, 1.807) is 0 Å². The van der Waals surface area contributed by atoms with Crippen LogP contribution < -0.4 is 5.32 Å². The predicted molar refractivity (Wildman–Crippen MR) is 137 cm³/mol. The number of aryl methyl sites for hydroxylation is 1. The molecule has 1 saturated heterocycles. The van der Waals surface area contributed by atoms with Crippen molar-refractivity contribution in [2.45, 2.75) is 39.4 Å². The minimum absolute atomic E-state index is 0. The lowest BCUT2D eigenvalue weighted by atomic mass is 10.1. The highest BCUT2D eigenvalue weighted by molar-refractivity contribution is 14.0. The molecule has 1 aromatic carbocycles. The number of nitrogens with one attached hydrogen (secondary N) is 1. The second-order valence-corrected chi connectivity index (χ2v) is 8.20. The van der Waals surface area contributed by atoms with Gasteiger partial charge in [-0.25, -0.2) is 0 Å². The molecule has 1 fully saturated rings. The van der Waals surface area contributed by atoms with Crippen molar-refractivity contribution in [2.24, 2.45) is 4.99 Å². The molecule has 8 heteroatoms. The number of benzene rings is 1. The van der Waals surface area contributed by atoms with E-state index < -0.39 is 0 Å². The van der Waals surface area contributed by atoms with Gasteiger partial charge in [-0.05, 0) is 32.9 Å². The summed E-state index contributed by atoms with van der Waals surface area (Å²) >= 11 is 0. The van der Waals surface area contributed by atoms with Crippen LogP contribution in [0.15, 0.2) is 45.9 Å². The summed E-state index contributed by atoms with van der Waals surface area (Å²) in [5.74, 6) is 1.88. The van der Waals surface area contributed by atoms with Gasteiger partial charge in [-0.1, -0.05) is 35.5 Å². The first-order valence-electron chi connectivity index (χ1n) is 10.9. The van der Waals surface area contributed by atoms with Crippen molar-refractivity contribution in [3.05, 3.63) is 53.4 Å². The van der Waals surface area contributed by atoms with Crippen molar-refractivity contribution in [3.63, 3.8) is 0 Å². The molecule has 1 aliphatic rings. The fraction of sp³-hybridized carbons (Fsp3) is 0.565. The Kier molecular flexibility index (Phi) is 10.8. The molecule has 1 aliphatic heterocycles. The van der Waals surface area contributed by atoms with Crippen LogP contribution in [0.4, 0.5) is 0 Å². The molecular formula is C23H37IN6O. The minimum Gasteiger partial charge on any atom is -0.361 e. The molecule has 2 heterocycles. The summed E-state index contributed by atoms with van der Waals surface area (Å²) in [7, 11) is 4.07. The van der Waals surface area contributed by atoms with E-state index in [0.717, 1.165) is 69.6 Å². The van der Waals surface area contributed by atoms with Crippen LogP contribution >= 0.6 is 24.0 Å². The summed E-state index contributed by atoms with van der Waals surface area (Å²) in [5, 5.41) is 7.67. The number of aliphatic imine (C=N–C) groups is 1. The van der Waals surface area contributed by atoms with Crippen molar-refractivity contribution < 1.29 is 4.52 Å². The third kappa shape index (κ3) is 8.08. The molecule has 1 atom stereocenters. The average Bonchev–Trinajstić information content (AvgIpc) is 3.17. The lowest BCUT2D eigenvalue weighted by Gasteiger charge is -2.36. The van der Waals surface area contributed by atoms with Gasteiger partial charge in [0.2, 0.25) is 0 Å². The molecule has 0 amide bonds. The normalized spacial score (nSPS) is 16.3. The van der Waals surface area contributed by atoms with Gasteiger partial charge >= 0.3 is 0 Å². The number of hydrogen-bond donors (Lipinski definition) is 1. The van der Waals surface area contributed by atoms with Crippen LogP contribution in [0.2, 0.25) is 0 Å². The second-order valence-electron chi connectivity index (χ2n) is 8.20. The zero-order valence-corrected chi connectivity index (χ0v) is 21.6. The van der Waals surface area contributed by atoms with Gasteiger partial charge in [0.25, 0.3) is 0 Å². The summed E-state index contributed by atoms with van der Waals surface area (Å²) < 4.78 is 5.18. The van der Waals surface area contributed by atoms with Crippen molar-refractivity contribution in [2.75, 3.05) is 46.8 Å². The second kappa shape index (κ2) is 13.0. The van der Waals surface area contributed by atoms with Crippen LogP contribution in [0.25, 0.3) is 0 Å². The largest absolute Gasteiger partial charge is 0.361 e. The van der Waals surface area contributed by atoms with E-state index >= 15 is 0 Å². The molecule has 0 aliphatic carbocycles. The quantitative estimate of drug-likeness (QED) is 0.316. The molecule has 1 aromatic heterocycles. The molecule has 31 heavy (non-hydrogen) atoms. The molecular weight excluding hydrogens is 503 g/mol. The van der Waals surface area contributed by atoms with Crippen molar-refractivity contribution in [1.82, 2.24) is 25.2 Å². The van der Waals surface area contributed by atoms with Crippen molar-refractivity contribution in [1.29, 1.82) is 0 Å². The molecule has 1 unspecified atom stereocenters. The third-order valence-corrected chi connectivity index (χ3v) is 5.82. The first-order valence-corrected chi connectivity index (χ1v) is 10.9. The van der Waals surface area contributed by atoms with E-state index in [1.807, 2.05) is 20.0 Å². The van der Waals surface area contributed by atoms with E-state index in [-0.39, 0.29) is 24.0 Å².